The van der Waals surface area contributed by atoms with Gasteiger partial charge in [-0.3, -0.25) is 4.79 Å². The number of carbonyl (C=O) groups is 1. The molecule has 5 heteroatoms. The average molecular weight is 285 g/mol. The molecule has 1 aromatic rings. The Morgan fingerprint density at radius 3 is 2.63 bits per heavy atom. The van der Waals surface area contributed by atoms with Crippen molar-refractivity contribution in [3.8, 4) is 0 Å². The summed E-state index contributed by atoms with van der Waals surface area (Å²) in [6.07, 6.45) is 1.71. The van der Waals surface area contributed by atoms with Crippen molar-refractivity contribution < 1.29 is 9.18 Å². The van der Waals surface area contributed by atoms with Crippen molar-refractivity contribution in [3.63, 3.8) is 0 Å². The van der Waals surface area contributed by atoms with E-state index in [0.29, 0.717) is 19.0 Å². The fraction of sp³-hybridized carbons (Fsp3) is 0.500. The van der Waals surface area contributed by atoms with Crippen molar-refractivity contribution in [2.24, 2.45) is 11.7 Å². The number of amides is 1. The standard InChI is InChI=1S/C14H18ClFN2O/c1-9(17)10-5-7-18(8-6-10)14(19)13-11(15)3-2-4-12(13)16/h2-4,9-10H,5-8,17H2,1H3. The first-order valence-corrected chi connectivity index (χ1v) is 6.87. The van der Waals surface area contributed by atoms with Gasteiger partial charge in [0, 0.05) is 19.1 Å². The summed E-state index contributed by atoms with van der Waals surface area (Å²) in [7, 11) is 0. The van der Waals surface area contributed by atoms with E-state index in [2.05, 4.69) is 0 Å². The first kappa shape index (κ1) is 14.3. The van der Waals surface area contributed by atoms with Gasteiger partial charge in [-0.25, -0.2) is 4.39 Å². The molecule has 1 saturated heterocycles. The third-order valence-electron chi connectivity index (χ3n) is 3.75. The molecule has 1 atom stereocenters. The van der Waals surface area contributed by atoms with Crippen LogP contribution >= 0.6 is 11.6 Å². The van der Waals surface area contributed by atoms with Gasteiger partial charge in [0.2, 0.25) is 0 Å². The third kappa shape index (κ3) is 3.07. The zero-order valence-corrected chi connectivity index (χ0v) is 11.7. The molecule has 1 heterocycles. The predicted octanol–water partition coefficient (Wildman–Crippen LogP) is 2.68. The number of benzene rings is 1. The molecule has 1 fully saturated rings. The van der Waals surface area contributed by atoms with Crippen LogP contribution in [0.1, 0.15) is 30.1 Å². The fourth-order valence-electron chi connectivity index (χ4n) is 2.49. The minimum atomic E-state index is -0.563. The molecule has 2 rings (SSSR count). The van der Waals surface area contributed by atoms with Gasteiger partial charge in [0.25, 0.3) is 5.91 Å². The predicted molar refractivity (Wildman–Crippen MR) is 73.7 cm³/mol. The lowest BCUT2D eigenvalue weighted by molar-refractivity contribution is 0.0676. The highest BCUT2D eigenvalue weighted by molar-refractivity contribution is 6.33. The molecule has 0 bridgehead atoms. The summed E-state index contributed by atoms with van der Waals surface area (Å²) >= 11 is 5.92. The number of rotatable bonds is 2. The van der Waals surface area contributed by atoms with Gasteiger partial charge in [-0.05, 0) is 37.8 Å². The highest BCUT2D eigenvalue weighted by Crippen LogP contribution is 2.25. The molecule has 19 heavy (non-hydrogen) atoms. The molecule has 1 aliphatic heterocycles. The number of nitrogens with zero attached hydrogens (tertiary/aromatic N) is 1. The summed E-state index contributed by atoms with van der Waals surface area (Å²) < 4.78 is 13.7. The summed E-state index contributed by atoms with van der Waals surface area (Å²) in [6, 6.07) is 4.42. The van der Waals surface area contributed by atoms with Crippen molar-refractivity contribution in [2.75, 3.05) is 13.1 Å². The number of carbonyl (C=O) groups excluding carboxylic acids is 1. The molecule has 0 aromatic heterocycles. The molecule has 0 aliphatic carbocycles. The van der Waals surface area contributed by atoms with Crippen LogP contribution < -0.4 is 5.73 Å². The van der Waals surface area contributed by atoms with Crippen LogP contribution in [0, 0.1) is 11.7 Å². The van der Waals surface area contributed by atoms with Crippen LogP contribution in [0.25, 0.3) is 0 Å². The molecule has 1 unspecified atom stereocenters. The Balaban J connectivity index is 2.10. The van der Waals surface area contributed by atoms with E-state index in [1.807, 2.05) is 6.92 Å². The van der Waals surface area contributed by atoms with E-state index in [-0.39, 0.29) is 22.5 Å². The monoisotopic (exact) mass is 284 g/mol. The summed E-state index contributed by atoms with van der Waals surface area (Å²) in [6.45, 7) is 3.20. The molecule has 3 nitrogen and oxygen atoms in total. The summed E-state index contributed by atoms with van der Waals surface area (Å²) in [5, 5.41) is 0.166. The van der Waals surface area contributed by atoms with E-state index in [9.17, 15) is 9.18 Å². The van der Waals surface area contributed by atoms with Gasteiger partial charge in [-0.2, -0.15) is 0 Å². The number of hydrogen-bond donors (Lipinski definition) is 1. The molecular weight excluding hydrogens is 267 g/mol. The third-order valence-corrected chi connectivity index (χ3v) is 4.06. The minimum Gasteiger partial charge on any atom is -0.338 e. The Morgan fingerprint density at radius 1 is 1.47 bits per heavy atom. The number of likely N-dealkylation sites (tertiary alicyclic amines) is 1. The number of halogens is 2. The van der Waals surface area contributed by atoms with Gasteiger partial charge in [0.15, 0.2) is 0 Å². The van der Waals surface area contributed by atoms with Gasteiger partial charge in [0.1, 0.15) is 5.82 Å². The highest BCUT2D eigenvalue weighted by Gasteiger charge is 2.27. The number of hydrogen-bond acceptors (Lipinski definition) is 2. The minimum absolute atomic E-state index is 0.0246. The van der Waals surface area contributed by atoms with Crippen LogP contribution in [-0.4, -0.2) is 29.9 Å². The maximum Gasteiger partial charge on any atom is 0.258 e. The van der Waals surface area contributed by atoms with E-state index in [0.717, 1.165) is 12.8 Å². The van der Waals surface area contributed by atoms with Crippen LogP contribution in [0.5, 0.6) is 0 Å². The normalized spacial score (nSPS) is 18.4. The summed E-state index contributed by atoms with van der Waals surface area (Å²) in [5.41, 5.74) is 5.84. The Morgan fingerprint density at radius 2 is 2.11 bits per heavy atom. The maximum atomic E-state index is 13.7. The van der Waals surface area contributed by atoms with Gasteiger partial charge in [-0.15, -0.1) is 0 Å². The second-order valence-electron chi connectivity index (χ2n) is 5.09. The second-order valence-corrected chi connectivity index (χ2v) is 5.49. The molecule has 0 saturated carbocycles. The van der Waals surface area contributed by atoms with Crippen LogP contribution in [0.3, 0.4) is 0 Å². The molecule has 1 amide bonds. The van der Waals surface area contributed by atoms with Crippen LogP contribution in [-0.2, 0) is 0 Å². The van der Waals surface area contributed by atoms with E-state index in [4.69, 9.17) is 17.3 Å². The Kier molecular flexibility index (Phi) is 4.42. The first-order chi connectivity index (χ1) is 9.00. The van der Waals surface area contributed by atoms with E-state index >= 15 is 0 Å². The molecule has 1 aromatic carbocycles. The summed E-state index contributed by atoms with van der Waals surface area (Å²) in [4.78, 5) is 13.9. The number of piperidine rings is 1. The summed E-state index contributed by atoms with van der Waals surface area (Å²) in [5.74, 6) is -0.460. The van der Waals surface area contributed by atoms with Crippen molar-refractivity contribution in [1.29, 1.82) is 0 Å². The molecule has 2 N–H and O–H groups in total. The smallest absolute Gasteiger partial charge is 0.258 e. The van der Waals surface area contributed by atoms with Crippen LogP contribution in [0.2, 0.25) is 5.02 Å². The zero-order valence-electron chi connectivity index (χ0n) is 10.9. The lowest BCUT2D eigenvalue weighted by atomic mass is 9.90. The largest absolute Gasteiger partial charge is 0.338 e. The lowest BCUT2D eigenvalue weighted by Gasteiger charge is -2.34. The van der Waals surface area contributed by atoms with Crippen molar-refractivity contribution in [3.05, 3.63) is 34.6 Å². The SMILES string of the molecule is CC(N)C1CCN(C(=O)c2c(F)cccc2Cl)CC1. The zero-order chi connectivity index (χ0) is 14.0. The van der Waals surface area contributed by atoms with Crippen molar-refractivity contribution >= 4 is 17.5 Å². The van der Waals surface area contributed by atoms with Gasteiger partial charge < -0.3 is 10.6 Å². The quantitative estimate of drug-likeness (QED) is 0.907. The Labute approximate surface area is 117 Å². The molecule has 0 radical (unpaired) electrons. The van der Waals surface area contributed by atoms with Gasteiger partial charge >= 0.3 is 0 Å². The average Bonchev–Trinajstić information content (AvgIpc) is 2.38. The molecule has 1 aliphatic rings. The van der Waals surface area contributed by atoms with Crippen molar-refractivity contribution in [2.45, 2.75) is 25.8 Å². The van der Waals surface area contributed by atoms with E-state index in [1.54, 1.807) is 4.90 Å². The second kappa shape index (κ2) is 5.88. The molecular formula is C14H18ClFN2O. The first-order valence-electron chi connectivity index (χ1n) is 6.49. The van der Waals surface area contributed by atoms with Crippen LogP contribution in [0.4, 0.5) is 4.39 Å². The molecule has 104 valence electrons. The Hall–Kier alpha value is -1.13. The van der Waals surface area contributed by atoms with Gasteiger partial charge in [0.05, 0.1) is 10.6 Å². The highest BCUT2D eigenvalue weighted by atomic mass is 35.5. The van der Waals surface area contributed by atoms with Crippen molar-refractivity contribution in [1.82, 2.24) is 4.90 Å². The van der Waals surface area contributed by atoms with Gasteiger partial charge in [-0.1, -0.05) is 17.7 Å². The topological polar surface area (TPSA) is 46.3 Å². The fourth-order valence-corrected chi connectivity index (χ4v) is 2.73. The Bertz CT molecular complexity index is 450. The van der Waals surface area contributed by atoms with E-state index in [1.165, 1.54) is 18.2 Å². The maximum absolute atomic E-state index is 13.7. The molecule has 0 spiro atoms. The number of nitrogens with two attached hydrogens (primary N) is 1. The van der Waals surface area contributed by atoms with Crippen LogP contribution in [0.15, 0.2) is 18.2 Å². The lowest BCUT2D eigenvalue weighted by Crippen LogP contribution is -2.42. The van der Waals surface area contributed by atoms with E-state index < -0.39 is 5.82 Å².